The zero-order valence-corrected chi connectivity index (χ0v) is 13.3. The summed E-state index contributed by atoms with van der Waals surface area (Å²) in [5.41, 5.74) is 0.328. The van der Waals surface area contributed by atoms with E-state index in [-0.39, 0.29) is 11.4 Å². The minimum absolute atomic E-state index is 0.0194. The number of benzene rings is 2. The highest BCUT2D eigenvalue weighted by atomic mass is 32.2. The topological polar surface area (TPSA) is 64.6 Å². The summed E-state index contributed by atoms with van der Waals surface area (Å²) in [6.45, 7) is -0.177. The molecule has 0 unspecified atom stereocenters. The molecule has 0 aromatic heterocycles. The lowest BCUT2D eigenvalue weighted by atomic mass is 10.2. The molecule has 1 N–H and O–H groups in total. The quantitative estimate of drug-likeness (QED) is 0.859. The molecule has 0 spiro atoms. The number of nitrogens with one attached hydrogen (secondary N) is 1. The molecular formula is C15H14F3NO4S. The highest BCUT2D eigenvalue weighted by Crippen LogP contribution is 2.23. The zero-order valence-electron chi connectivity index (χ0n) is 12.5. The minimum Gasteiger partial charge on any atom is -0.497 e. The van der Waals surface area contributed by atoms with Gasteiger partial charge in [-0.3, -0.25) is 0 Å². The van der Waals surface area contributed by atoms with Gasteiger partial charge in [-0.25, -0.2) is 13.1 Å². The van der Waals surface area contributed by atoms with E-state index in [1.165, 1.54) is 43.5 Å². The summed E-state index contributed by atoms with van der Waals surface area (Å²) < 4.78 is 71.9. The van der Waals surface area contributed by atoms with Crippen molar-refractivity contribution in [2.24, 2.45) is 0 Å². The number of hydrogen-bond donors (Lipinski definition) is 1. The Balaban J connectivity index is 2.07. The van der Waals surface area contributed by atoms with Gasteiger partial charge in [0.05, 0.1) is 12.0 Å². The van der Waals surface area contributed by atoms with E-state index >= 15 is 0 Å². The van der Waals surface area contributed by atoms with Gasteiger partial charge in [0.2, 0.25) is 10.0 Å². The first-order valence-electron chi connectivity index (χ1n) is 6.68. The average Bonchev–Trinajstić information content (AvgIpc) is 2.52. The first-order valence-corrected chi connectivity index (χ1v) is 8.16. The van der Waals surface area contributed by atoms with E-state index in [0.717, 1.165) is 12.1 Å². The molecule has 0 saturated carbocycles. The van der Waals surface area contributed by atoms with Gasteiger partial charge in [0.1, 0.15) is 11.5 Å². The maximum atomic E-state index is 12.2. The molecule has 24 heavy (non-hydrogen) atoms. The van der Waals surface area contributed by atoms with Crippen molar-refractivity contribution in [3.05, 3.63) is 54.1 Å². The van der Waals surface area contributed by atoms with E-state index in [1.807, 2.05) is 0 Å². The van der Waals surface area contributed by atoms with Gasteiger partial charge in [0.25, 0.3) is 0 Å². The monoisotopic (exact) mass is 361 g/mol. The molecule has 130 valence electrons. The van der Waals surface area contributed by atoms with E-state index in [0.29, 0.717) is 11.3 Å². The van der Waals surface area contributed by atoms with Crippen LogP contribution in [0.15, 0.2) is 53.4 Å². The van der Waals surface area contributed by atoms with Crippen LogP contribution < -0.4 is 14.2 Å². The van der Waals surface area contributed by atoms with Crippen molar-refractivity contribution in [1.82, 2.24) is 4.72 Å². The SMILES string of the molecule is COc1ccc(S(=O)(=O)NCc2cccc(OC(F)(F)F)c2)cc1. The lowest BCUT2D eigenvalue weighted by molar-refractivity contribution is -0.274. The number of methoxy groups -OCH3 is 1. The van der Waals surface area contributed by atoms with Crippen LogP contribution in [0, 0.1) is 0 Å². The van der Waals surface area contributed by atoms with Gasteiger partial charge in [-0.2, -0.15) is 0 Å². The van der Waals surface area contributed by atoms with Crippen LogP contribution in [0.5, 0.6) is 11.5 Å². The van der Waals surface area contributed by atoms with Crippen molar-refractivity contribution in [3.63, 3.8) is 0 Å². The second-order valence-electron chi connectivity index (χ2n) is 4.70. The lowest BCUT2D eigenvalue weighted by Gasteiger charge is -2.11. The van der Waals surface area contributed by atoms with Crippen molar-refractivity contribution >= 4 is 10.0 Å². The van der Waals surface area contributed by atoms with E-state index < -0.39 is 22.1 Å². The Hall–Kier alpha value is -2.26. The van der Waals surface area contributed by atoms with Crippen LogP contribution >= 0.6 is 0 Å². The molecule has 0 aliphatic heterocycles. The summed E-state index contributed by atoms with van der Waals surface area (Å²) in [5, 5.41) is 0. The van der Waals surface area contributed by atoms with Gasteiger partial charge in [0, 0.05) is 6.54 Å². The predicted molar refractivity (Wildman–Crippen MR) is 80.1 cm³/mol. The molecule has 2 aromatic carbocycles. The molecule has 0 aliphatic carbocycles. The molecule has 0 radical (unpaired) electrons. The molecule has 0 heterocycles. The number of rotatable bonds is 6. The third-order valence-corrected chi connectivity index (χ3v) is 4.39. The summed E-state index contributed by atoms with van der Waals surface area (Å²) in [6, 6.07) is 10.8. The van der Waals surface area contributed by atoms with E-state index in [9.17, 15) is 21.6 Å². The van der Waals surface area contributed by atoms with Crippen LogP contribution in [0.3, 0.4) is 0 Å². The number of alkyl halides is 3. The molecule has 2 aromatic rings. The zero-order chi connectivity index (χ0) is 17.8. The average molecular weight is 361 g/mol. The van der Waals surface area contributed by atoms with Gasteiger partial charge >= 0.3 is 6.36 Å². The number of hydrogen-bond acceptors (Lipinski definition) is 4. The van der Waals surface area contributed by atoms with Crippen molar-refractivity contribution in [1.29, 1.82) is 0 Å². The molecule has 0 aliphatic rings. The standard InChI is InChI=1S/C15H14F3NO4S/c1-22-12-5-7-14(8-6-12)24(20,21)19-10-11-3-2-4-13(9-11)23-15(16,17)18/h2-9,19H,10H2,1H3. The van der Waals surface area contributed by atoms with Crippen LogP contribution in [0.1, 0.15) is 5.56 Å². The normalized spacial score (nSPS) is 12.0. The van der Waals surface area contributed by atoms with Crippen molar-refractivity contribution in [3.8, 4) is 11.5 Å². The van der Waals surface area contributed by atoms with E-state index in [4.69, 9.17) is 4.74 Å². The Morgan fingerprint density at radius 2 is 1.71 bits per heavy atom. The molecule has 5 nitrogen and oxygen atoms in total. The summed E-state index contributed by atoms with van der Waals surface area (Å²) in [4.78, 5) is 0.0194. The summed E-state index contributed by atoms with van der Waals surface area (Å²) in [6.07, 6.45) is -4.80. The van der Waals surface area contributed by atoms with Crippen LogP contribution in [-0.2, 0) is 16.6 Å². The third kappa shape index (κ3) is 5.14. The Bertz CT molecular complexity index is 789. The molecule has 0 amide bonds. The van der Waals surface area contributed by atoms with Crippen LogP contribution in [0.2, 0.25) is 0 Å². The predicted octanol–water partition coefficient (Wildman–Crippen LogP) is 3.07. The number of sulfonamides is 1. The van der Waals surface area contributed by atoms with Gasteiger partial charge in [-0.15, -0.1) is 13.2 Å². The third-order valence-electron chi connectivity index (χ3n) is 2.97. The summed E-state index contributed by atoms with van der Waals surface area (Å²) >= 11 is 0. The Morgan fingerprint density at radius 3 is 2.29 bits per heavy atom. The smallest absolute Gasteiger partial charge is 0.497 e. The van der Waals surface area contributed by atoms with Gasteiger partial charge in [-0.05, 0) is 42.0 Å². The van der Waals surface area contributed by atoms with Crippen LogP contribution in [0.25, 0.3) is 0 Å². The van der Waals surface area contributed by atoms with Gasteiger partial charge in [-0.1, -0.05) is 12.1 Å². The molecule has 2 rings (SSSR count). The fourth-order valence-electron chi connectivity index (χ4n) is 1.87. The second-order valence-corrected chi connectivity index (χ2v) is 6.46. The van der Waals surface area contributed by atoms with Gasteiger partial charge < -0.3 is 9.47 Å². The Labute approximate surface area is 137 Å². The lowest BCUT2D eigenvalue weighted by Crippen LogP contribution is -2.23. The van der Waals surface area contributed by atoms with Crippen molar-refractivity contribution in [2.45, 2.75) is 17.8 Å². The molecular weight excluding hydrogens is 347 g/mol. The highest BCUT2D eigenvalue weighted by molar-refractivity contribution is 7.89. The molecule has 9 heteroatoms. The summed E-state index contributed by atoms with van der Waals surface area (Å²) in [5.74, 6) is 0.0922. The number of ether oxygens (including phenoxy) is 2. The number of halogens is 3. The fourth-order valence-corrected chi connectivity index (χ4v) is 2.89. The molecule has 0 atom stereocenters. The van der Waals surface area contributed by atoms with Gasteiger partial charge in [0.15, 0.2) is 0 Å². The summed E-state index contributed by atoms with van der Waals surface area (Å²) in [7, 11) is -2.34. The maximum Gasteiger partial charge on any atom is 0.573 e. The van der Waals surface area contributed by atoms with Crippen LogP contribution in [-0.4, -0.2) is 21.9 Å². The molecule has 0 fully saturated rings. The van der Waals surface area contributed by atoms with E-state index in [2.05, 4.69) is 9.46 Å². The maximum absolute atomic E-state index is 12.2. The molecule has 0 bridgehead atoms. The minimum atomic E-state index is -4.80. The molecule has 0 saturated heterocycles. The fraction of sp³-hybridized carbons (Fsp3) is 0.200. The Morgan fingerprint density at radius 1 is 1.04 bits per heavy atom. The van der Waals surface area contributed by atoms with Crippen molar-refractivity contribution < 1.29 is 31.1 Å². The second kappa shape index (κ2) is 7.10. The largest absolute Gasteiger partial charge is 0.573 e. The first kappa shape index (κ1) is 18.1. The highest BCUT2D eigenvalue weighted by Gasteiger charge is 2.31. The Kier molecular flexibility index (Phi) is 5.35. The first-order chi connectivity index (χ1) is 11.2. The van der Waals surface area contributed by atoms with Crippen LogP contribution in [0.4, 0.5) is 13.2 Å². The van der Waals surface area contributed by atoms with E-state index in [1.54, 1.807) is 0 Å². The van der Waals surface area contributed by atoms with Crippen molar-refractivity contribution in [2.75, 3.05) is 7.11 Å².